The zero-order valence-corrected chi connectivity index (χ0v) is 15.8. The van der Waals surface area contributed by atoms with Crippen molar-refractivity contribution in [1.29, 1.82) is 0 Å². The summed E-state index contributed by atoms with van der Waals surface area (Å²) in [5.74, 6) is 1.27. The Morgan fingerprint density at radius 2 is 2.15 bits per heavy atom. The lowest BCUT2D eigenvalue weighted by atomic mass is 10.2. The van der Waals surface area contributed by atoms with E-state index in [-0.39, 0.29) is 11.9 Å². The highest BCUT2D eigenvalue weighted by molar-refractivity contribution is 7.99. The summed E-state index contributed by atoms with van der Waals surface area (Å²) in [6.45, 7) is 4.60. The predicted octanol–water partition coefficient (Wildman–Crippen LogP) is 2.89. The number of amides is 1. The summed E-state index contributed by atoms with van der Waals surface area (Å²) in [4.78, 5) is 16.9. The molecule has 1 amide bonds. The van der Waals surface area contributed by atoms with Crippen LogP contribution < -0.4 is 10.1 Å². The number of nitrogens with zero attached hydrogens (tertiary/aromatic N) is 3. The number of aromatic amines is 1. The number of carbonyl (C=O) groups is 1. The van der Waals surface area contributed by atoms with Crippen LogP contribution in [0.1, 0.15) is 20.3 Å². The number of halogens is 1. The van der Waals surface area contributed by atoms with Crippen LogP contribution in [-0.4, -0.2) is 56.5 Å². The lowest BCUT2D eigenvalue weighted by Gasteiger charge is -2.27. The first kappa shape index (κ1) is 18.7. The summed E-state index contributed by atoms with van der Waals surface area (Å²) >= 11 is 1.35. The van der Waals surface area contributed by atoms with E-state index in [1.165, 1.54) is 11.9 Å². The summed E-state index contributed by atoms with van der Waals surface area (Å²) in [6, 6.07) is 7.35. The molecule has 0 saturated carbocycles. The van der Waals surface area contributed by atoms with Crippen molar-refractivity contribution in [3.05, 3.63) is 24.3 Å². The van der Waals surface area contributed by atoms with Crippen LogP contribution in [0, 0.1) is 0 Å². The standard InChI is InChI=1S/C17H22FN5O2S/c1-17(2,26-23-9-8-12(18)10-23)15(24)20-16-19-14(21-22-16)11-4-6-13(25-3)7-5-11/h4-7,12H,8-10H2,1-3H3,(H2,19,20,21,22,24). The summed E-state index contributed by atoms with van der Waals surface area (Å²) in [6.07, 6.45) is -0.307. The number of benzene rings is 1. The number of nitrogens with one attached hydrogen (secondary N) is 2. The number of carbonyl (C=O) groups excluding carboxylic acids is 1. The molecule has 3 rings (SSSR count). The fourth-order valence-electron chi connectivity index (χ4n) is 2.58. The first-order valence-corrected chi connectivity index (χ1v) is 9.11. The van der Waals surface area contributed by atoms with Gasteiger partial charge in [0.1, 0.15) is 16.7 Å². The molecule has 2 N–H and O–H groups in total. The van der Waals surface area contributed by atoms with E-state index in [0.29, 0.717) is 25.3 Å². The quantitative estimate of drug-likeness (QED) is 0.751. The third-order valence-electron chi connectivity index (χ3n) is 4.07. The van der Waals surface area contributed by atoms with E-state index in [2.05, 4.69) is 20.5 Å². The summed E-state index contributed by atoms with van der Waals surface area (Å²) in [5.41, 5.74) is 0.832. The monoisotopic (exact) mass is 379 g/mol. The second-order valence-electron chi connectivity index (χ2n) is 6.57. The van der Waals surface area contributed by atoms with E-state index in [9.17, 15) is 9.18 Å². The number of H-pyrrole nitrogens is 1. The van der Waals surface area contributed by atoms with Crippen molar-refractivity contribution in [2.45, 2.75) is 31.2 Å². The zero-order valence-electron chi connectivity index (χ0n) is 15.0. The van der Waals surface area contributed by atoms with Crippen molar-refractivity contribution in [1.82, 2.24) is 19.5 Å². The van der Waals surface area contributed by atoms with Crippen LogP contribution in [0.3, 0.4) is 0 Å². The Labute approximate surface area is 155 Å². The second-order valence-corrected chi connectivity index (χ2v) is 8.29. The van der Waals surface area contributed by atoms with Gasteiger partial charge in [-0.05, 0) is 44.5 Å². The van der Waals surface area contributed by atoms with E-state index >= 15 is 0 Å². The van der Waals surface area contributed by atoms with Crippen LogP contribution in [0.15, 0.2) is 24.3 Å². The van der Waals surface area contributed by atoms with Crippen molar-refractivity contribution in [3.63, 3.8) is 0 Å². The number of hydrogen-bond acceptors (Lipinski definition) is 6. The molecule has 1 saturated heterocycles. The average Bonchev–Trinajstić information content (AvgIpc) is 3.23. The van der Waals surface area contributed by atoms with Crippen LogP contribution in [0.25, 0.3) is 11.4 Å². The normalized spacial score (nSPS) is 18.1. The molecule has 0 aliphatic carbocycles. The molecule has 0 spiro atoms. The molecule has 26 heavy (non-hydrogen) atoms. The van der Waals surface area contributed by atoms with Crippen LogP contribution >= 0.6 is 11.9 Å². The van der Waals surface area contributed by atoms with E-state index < -0.39 is 10.9 Å². The fraction of sp³-hybridized carbons (Fsp3) is 0.471. The van der Waals surface area contributed by atoms with Gasteiger partial charge in [-0.15, -0.1) is 5.10 Å². The molecule has 1 aromatic heterocycles. The Morgan fingerprint density at radius 1 is 1.42 bits per heavy atom. The van der Waals surface area contributed by atoms with Gasteiger partial charge in [-0.3, -0.25) is 15.2 Å². The Kier molecular flexibility index (Phi) is 5.47. The van der Waals surface area contributed by atoms with Gasteiger partial charge in [0.05, 0.1) is 7.11 Å². The highest BCUT2D eigenvalue weighted by Gasteiger charge is 2.35. The van der Waals surface area contributed by atoms with Crippen LogP contribution in [0.5, 0.6) is 5.75 Å². The molecule has 2 aromatic rings. The molecule has 1 unspecified atom stereocenters. The molecule has 9 heteroatoms. The van der Waals surface area contributed by atoms with E-state index in [0.717, 1.165) is 11.3 Å². The maximum absolute atomic E-state index is 13.3. The van der Waals surface area contributed by atoms with Gasteiger partial charge in [0.2, 0.25) is 11.9 Å². The van der Waals surface area contributed by atoms with E-state index in [1.54, 1.807) is 21.0 Å². The minimum absolute atomic E-state index is 0.208. The number of ether oxygens (including phenoxy) is 1. The van der Waals surface area contributed by atoms with Crippen LogP contribution in [0.4, 0.5) is 10.3 Å². The first-order chi connectivity index (χ1) is 12.4. The Balaban J connectivity index is 1.63. The van der Waals surface area contributed by atoms with Gasteiger partial charge in [0.15, 0.2) is 5.82 Å². The first-order valence-electron chi connectivity index (χ1n) is 8.34. The van der Waals surface area contributed by atoms with Gasteiger partial charge in [0.25, 0.3) is 0 Å². The number of anilines is 1. The summed E-state index contributed by atoms with van der Waals surface area (Å²) in [7, 11) is 1.60. The van der Waals surface area contributed by atoms with Crippen molar-refractivity contribution >= 4 is 23.8 Å². The molecule has 2 heterocycles. The van der Waals surface area contributed by atoms with Crippen molar-refractivity contribution in [3.8, 4) is 17.1 Å². The number of rotatable bonds is 6. The molecular formula is C17H22FN5O2S. The number of methoxy groups -OCH3 is 1. The smallest absolute Gasteiger partial charge is 0.249 e. The highest BCUT2D eigenvalue weighted by Crippen LogP contribution is 2.32. The number of hydrogen-bond donors (Lipinski definition) is 2. The summed E-state index contributed by atoms with van der Waals surface area (Å²) < 4.78 is 19.6. The minimum Gasteiger partial charge on any atom is -0.497 e. The topological polar surface area (TPSA) is 83.1 Å². The molecule has 0 bridgehead atoms. The summed E-state index contributed by atoms with van der Waals surface area (Å²) in [5, 5.41) is 9.58. The van der Waals surface area contributed by atoms with Gasteiger partial charge in [-0.25, -0.2) is 8.70 Å². The second kappa shape index (κ2) is 7.63. The predicted molar refractivity (Wildman–Crippen MR) is 99.8 cm³/mol. The third-order valence-corrected chi connectivity index (χ3v) is 5.30. The van der Waals surface area contributed by atoms with Crippen LogP contribution in [-0.2, 0) is 4.79 Å². The number of aromatic nitrogens is 3. The molecule has 7 nitrogen and oxygen atoms in total. The van der Waals surface area contributed by atoms with Crippen molar-refractivity contribution < 1.29 is 13.9 Å². The maximum atomic E-state index is 13.3. The maximum Gasteiger partial charge on any atom is 0.249 e. The van der Waals surface area contributed by atoms with E-state index in [4.69, 9.17) is 4.74 Å². The van der Waals surface area contributed by atoms with Crippen molar-refractivity contribution in [2.24, 2.45) is 0 Å². The minimum atomic E-state index is -0.818. The molecular weight excluding hydrogens is 357 g/mol. The van der Waals surface area contributed by atoms with Gasteiger partial charge in [-0.1, -0.05) is 11.9 Å². The van der Waals surface area contributed by atoms with Gasteiger partial charge in [0, 0.05) is 18.7 Å². The molecule has 1 aliphatic rings. The van der Waals surface area contributed by atoms with Gasteiger partial charge >= 0.3 is 0 Å². The zero-order chi connectivity index (χ0) is 18.7. The highest BCUT2D eigenvalue weighted by atomic mass is 32.2. The molecule has 1 fully saturated rings. The van der Waals surface area contributed by atoms with E-state index in [1.807, 2.05) is 28.6 Å². The SMILES string of the molecule is COc1ccc(-c2nc(NC(=O)C(C)(C)SN3CCC(F)C3)n[nH]2)cc1. The van der Waals surface area contributed by atoms with Crippen LogP contribution in [0.2, 0.25) is 0 Å². The molecule has 1 aromatic carbocycles. The third kappa shape index (κ3) is 4.34. The molecule has 0 radical (unpaired) electrons. The molecule has 1 atom stereocenters. The Bertz CT molecular complexity index is 765. The van der Waals surface area contributed by atoms with Crippen molar-refractivity contribution in [2.75, 3.05) is 25.5 Å². The fourth-order valence-corrected chi connectivity index (χ4v) is 3.79. The van der Waals surface area contributed by atoms with Gasteiger partial charge < -0.3 is 4.74 Å². The Morgan fingerprint density at radius 3 is 2.77 bits per heavy atom. The van der Waals surface area contributed by atoms with Gasteiger partial charge in [-0.2, -0.15) is 4.98 Å². The Hall–Kier alpha value is -2.13. The lowest BCUT2D eigenvalue weighted by molar-refractivity contribution is -0.117. The number of alkyl halides is 1. The molecule has 1 aliphatic heterocycles. The average molecular weight is 379 g/mol. The molecule has 140 valence electrons. The lowest BCUT2D eigenvalue weighted by Crippen LogP contribution is -2.37. The largest absolute Gasteiger partial charge is 0.497 e.